The number of nitrogens with one attached hydrogen (secondary N) is 1. The van der Waals surface area contributed by atoms with Crippen LogP contribution >= 0.6 is 27.5 Å². The summed E-state index contributed by atoms with van der Waals surface area (Å²) in [6.45, 7) is 0.420. The maximum Gasteiger partial charge on any atom is 0.252 e. The molecule has 2 aromatic carbocycles. The fourth-order valence-electron chi connectivity index (χ4n) is 1.73. The van der Waals surface area contributed by atoms with E-state index < -0.39 is 0 Å². The molecule has 0 atom stereocenters. The minimum atomic E-state index is -0.171. The Labute approximate surface area is 131 Å². The molecular weight excluding hydrogens is 342 g/mol. The first kappa shape index (κ1) is 14.9. The predicted molar refractivity (Wildman–Crippen MR) is 83.3 cm³/mol. The Bertz CT molecular complexity index is 631. The molecule has 5 heteroatoms. The molecule has 0 fully saturated rings. The first-order chi connectivity index (χ1) is 9.60. The molecular formula is C15H13BrClNO2. The molecule has 0 radical (unpaired) electrons. The molecule has 104 valence electrons. The van der Waals surface area contributed by atoms with Gasteiger partial charge in [-0.25, -0.2) is 0 Å². The maximum absolute atomic E-state index is 12.2. The molecule has 2 rings (SSSR count). The van der Waals surface area contributed by atoms with Crippen molar-refractivity contribution < 1.29 is 9.53 Å². The van der Waals surface area contributed by atoms with Gasteiger partial charge >= 0.3 is 0 Å². The van der Waals surface area contributed by atoms with Crippen molar-refractivity contribution in [2.75, 3.05) is 7.11 Å². The van der Waals surface area contributed by atoms with Gasteiger partial charge in [-0.2, -0.15) is 0 Å². The highest BCUT2D eigenvalue weighted by molar-refractivity contribution is 9.10. The Hall–Kier alpha value is -1.52. The van der Waals surface area contributed by atoms with Gasteiger partial charge in [0.05, 0.1) is 12.7 Å². The molecule has 20 heavy (non-hydrogen) atoms. The third kappa shape index (κ3) is 3.74. The number of halogens is 2. The molecule has 3 nitrogen and oxygen atoms in total. The summed E-state index contributed by atoms with van der Waals surface area (Å²) in [7, 11) is 1.57. The Balaban J connectivity index is 2.08. The van der Waals surface area contributed by atoms with Crippen LogP contribution in [-0.2, 0) is 6.54 Å². The van der Waals surface area contributed by atoms with E-state index in [1.54, 1.807) is 31.4 Å². The van der Waals surface area contributed by atoms with Crippen LogP contribution in [0.2, 0.25) is 5.02 Å². The monoisotopic (exact) mass is 353 g/mol. The van der Waals surface area contributed by atoms with Gasteiger partial charge in [0.1, 0.15) is 5.75 Å². The summed E-state index contributed by atoms with van der Waals surface area (Å²) in [5.41, 5.74) is 1.48. The Morgan fingerprint density at radius 3 is 2.80 bits per heavy atom. The topological polar surface area (TPSA) is 38.3 Å². The Morgan fingerprint density at radius 1 is 1.30 bits per heavy atom. The maximum atomic E-state index is 12.2. The van der Waals surface area contributed by atoms with E-state index in [0.717, 1.165) is 10.0 Å². The zero-order chi connectivity index (χ0) is 14.5. The third-order valence-electron chi connectivity index (χ3n) is 2.76. The highest BCUT2D eigenvalue weighted by atomic mass is 79.9. The molecule has 0 heterocycles. The summed E-state index contributed by atoms with van der Waals surface area (Å²) in [5.74, 6) is 0.469. The molecule has 0 saturated heterocycles. The summed E-state index contributed by atoms with van der Waals surface area (Å²) in [4.78, 5) is 12.2. The molecule has 0 unspecified atom stereocenters. The molecule has 0 aromatic heterocycles. The van der Waals surface area contributed by atoms with Gasteiger partial charge in [-0.3, -0.25) is 4.79 Å². The fraction of sp³-hybridized carbons (Fsp3) is 0.133. The van der Waals surface area contributed by atoms with Gasteiger partial charge in [0, 0.05) is 16.0 Å². The van der Waals surface area contributed by atoms with Gasteiger partial charge in [0.2, 0.25) is 0 Å². The summed E-state index contributed by atoms with van der Waals surface area (Å²) >= 11 is 9.27. The Morgan fingerprint density at radius 2 is 2.10 bits per heavy atom. The number of hydrogen-bond donors (Lipinski definition) is 1. The van der Waals surface area contributed by atoms with Gasteiger partial charge in [-0.15, -0.1) is 0 Å². The lowest BCUT2D eigenvalue weighted by Crippen LogP contribution is -2.23. The molecule has 0 saturated carbocycles. The number of rotatable bonds is 4. The van der Waals surface area contributed by atoms with Crippen LogP contribution in [0.5, 0.6) is 5.75 Å². The predicted octanol–water partition coefficient (Wildman–Crippen LogP) is 4.04. The van der Waals surface area contributed by atoms with Crippen molar-refractivity contribution in [1.82, 2.24) is 5.32 Å². The standard InChI is InChI=1S/C15H13BrClNO2/c1-20-12-5-6-14(16)13(8-12)15(19)18-9-10-3-2-4-11(17)7-10/h2-8H,9H2,1H3,(H,18,19). The summed E-state index contributed by atoms with van der Waals surface area (Å²) in [5, 5.41) is 3.50. The van der Waals surface area contributed by atoms with Crippen molar-refractivity contribution in [2.45, 2.75) is 6.54 Å². The minimum Gasteiger partial charge on any atom is -0.497 e. The Kier molecular flexibility index (Phi) is 5.04. The van der Waals surface area contributed by atoms with Gasteiger partial charge in [-0.1, -0.05) is 23.7 Å². The zero-order valence-electron chi connectivity index (χ0n) is 10.8. The first-order valence-corrected chi connectivity index (χ1v) is 7.13. The number of ether oxygens (including phenoxy) is 1. The molecule has 2 aromatic rings. The van der Waals surface area contributed by atoms with E-state index in [0.29, 0.717) is 22.9 Å². The zero-order valence-corrected chi connectivity index (χ0v) is 13.2. The molecule has 0 aliphatic heterocycles. The lowest BCUT2D eigenvalue weighted by atomic mass is 10.2. The van der Waals surface area contributed by atoms with Gasteiger partial charge in [-0.05, 0) is 51.8 Å². The smallest absolute Gasteiger partial charge is 0.252 e. The number of methoxy groups -OCH3 is 1. The van der Waals surface area contributed by atoms with Crippen molar-refractivity contribution in [2.24, 2.45) is 0 Å². The van der Waals surface area contributed by atoms with Crippen LogP contribution in [0.15, 0.2) is 46.9 Å². The lowest BCUT2D eigenvalue weighted by Gasteiger charge is -2.09. The first-order valence-electron chi connectivity index (χ1n) is 5.96. The van der Waals surface area contributed by atoms with Gasteiger partial charge in [0.15, 0.2) is 0 Å². The van der Waals surface area contributed by atoms with E-state index in [9.17, 15) is 4.79 Å². The van der Waals surface area contributed by atoms with Gasteiger partial charge in [0.25, 0.3) is 5.91 Å². The van der Waals surface area contributed by atoms with Crippen molar-refractivity contribution in [3.63, 3.8) is 0 Å². The third-order valence-corrected chi connectivity index (χ3v) is 3.69. The summed E-state index contributed by atoms with van der Waals surface area (Å²) < 4.78 is 5.84. The number of carbonyl (C=O) groups is 1. The average molecular weight is 355 g/mol. The minimum absolute atomic E-state index is 0.171. The van der Waals surface area contributed by atoms with Crippen LogP contribution in [0.4, 0.5) is 0 Å². The van der Waals surface area contributed by atoms with Crippen LogP contribution < -0.4 is 10.1 Å². The van der Waals surface area contributed by atoms with Crippen molar-refractivity contribution in [3.05, 3.63) is 63.1 Å². The largest absolute Gasteiger partial charge is 0.497 e. The second-order valence-electron chi connectivity index (χ2n) is 4.16. The molecule has 0 aliphatic carbocycles. The number of hydrogen-bond acceptors (Lipinski definition) is 2. The normalized spacial score (nSPS) is 10.2. The highest BCUT2D eigenvalue weighted by Gasteiger charge is 2.11. The van der Waals surface area contributed by atoms with Crippen LogP contribution in [0.1, 0.15) is 15.9 Å². The summed E-state index contributed by atoms with van der Waals surface area (Å²) in [6.07, 6.45) is 0. The van der Waals surface area contributed by atoms with E-state index >= 15 is 0 Å². The van der Waals surface area contributed by atoms with E-state index in [1.807, 2.05) is 18.2 Å². The highest BCUT2D eigenvalue weighted by Crippen LogP contribution is 2.22. The van der Waals surface area contributed by atoms with Crippen LogP contribution in [0, 0.1) is 0 Å². The van der Waals surface area contributed by atoms with E-state index in [4.69, 9.17) is 16.3 Å². The molecule has 0 bridgehead atoms. The number of amides is 1. The second kappa shape index (κ2) is 6.77. The summed E-state index contributed by atoms with van der Waals surface area (Å²) in [6, 6.07) is 12.6. The quantitative estimate of drug-likeness (QED) is 0.900. The molecule has 0 spiro atoms. The SMILES string of the molecule is COc1ccc(Br)c(C(=O)NCc2cccc(Cl)c2)c1. The van der Waals surface area contributed by atoms with E-state index in [-0.39, 0.29) is 5.91 Å². The molecule has 0 aliphatic rings. The molecule has 1 amide bonds. The van der Waals surface area contributed by atoms with Crippen LogP contribution in [-0.4, -0.2) is 13.0 Å². The van der Waals surface area contributed by atoms with Crippen molar-refractivity contribution in [1.29, 1.82) is 0 Å². The average Bonchev–Trinajstić information content (AvgIpc) is 2.45. The van der Waals surface area contributed by atoms with Crippen LogP contribution in [0.3, 0.4) is 0 Å². The van der Waals surface area contributed by atoms with Crippen molar-refractivity contribution in [3.8, 4) is 5.75 Å². The number of carbonyl (C=O) groups excluding carboxylic acids is 1. The lowest BCUT2D eigenvalue weighted by molar-refractivity contribution is 0.0950. The van der Waals surface area contributed by atoms with E-state index in [2.05, 4.69) is 21.2 Å². The molecule has 1 N–H and O–H groups in total. The van der Waals surface area contributed by atoms with E-state index in [1.165, 1.54) is 0 Å². The van der Waals surface area contributed by atoms with Gasteiger partial charge < -0.3 is 10.1 Å². The van der Waals surface area contributed by atoms with Crippen molar-refractivity contribution >= 4 is 33.4 Å². The number of benzene rings is 2. The fourth-order valence-corrected chi connectivity index (χ4v) is 2.37. The van der Waals surface area contributed by atoms with Crippen LogP contribution in [0.25, 0.3) is 0 Å². The second-order valence-corrected chi connectivity index (χ2v) is 5.45.